The highest BCUT2D eigenvalue weighted by molar-refractivity contribution is 6.04. The molecule has 1 aromatic heterocycles. The minimum Gasteiger partial charge on any atom is -0.462 e. The van der Waals surface area contributed by atoms with Crippen LogP contribution in [0.5, 0.6) is 0 Å². The number of ether oxygens (including phenoxy) is 1. The first-order valence-corrected chi connectivity index (χ1v) is 8.75. The van der Waals surface area contributed by atoms with Crippen LogP contribution in [0.15, 0.2) is 0 Å². The van der Waals surface area contributed by atoms with Crippen LogP contribution in [0.4, 0.5) is 0 Å². The number of primary amides is 1. The van der Waals surface area contributed by atoms with Crippen molar-refractivity contribution in [1.82, 2.24) is 9.88 Å². The summed E-state index contributed by atoms with van der Waals surface area (Å²) in [6.45, 7) is 7.93. The fourth-order valence-electron chi connectivity index (χ4n) is 3.59. The third kappa shape index (κ3) is 3.76. The van der Waals surface area contributed by atoms with E-state index in [0.717, 1.165) is 12.8 Å². The monoisotopic (exact) mass is 349 g/mol. The molecule has 3 N–H and O–H groups in total. The van der Waals surface area contributed by atoms with Gasteiger partial charge in [-0.05, 0) is 52.6 Å². The normalized spacial score (nSPS) is 19.4. The van der Waals surface area contributed by atoms with Gasteiger partial charge in [-0.3, -0.25) is 14.5 Å². The average molecular weight is 349 g/mol. The van der Waals surface area contributed by atoms with Crippen LogP contribution >= 0.6 is 0 Å². The molecule has 0 unspecified atom stereocenters. The van der Waals surface area contributed by atoms with Gasteiger partial charge in [-0.15, -0.1) is 0 Å². The van der Waals surface area contributed by atoms with Crippen LogP contribution in [0.3, 0.4) is 0 Å². The maximum atomic E-state index is 13.0. The predicted octanol–water partition coefficient (Wildman–Crippen LogP) is 1.72. The summed E-state index contributed by atoms with van der Waals surface area (Å²) in [7, 11) is 0. The second-order valence-corrected chi connectivity index (χ2v) is 6.54. The Labute approximate surface area is 147 Å². The average Bonchev–Trinajstić information content (AvgIpc) is 2.88. The molecule has 1 saturated heterocycles. The highest BCUT2D eigenvalue weighted by Gasteiger charge is 2.35. The van der Waals surface area contributed by atoms with Crippen molar-refractivity contribution in [2.24, 2.45) is 5.73 Å². The standard InChI is InChI=1S/C18H27N3O4/c1-5-25-18(24)14-10(2)15(20-11(14)3)16(22)12(4)21-9-7-6-8-13(21)17(19)23/h12-13,20H,5-9H2,1-4H3,(H2,19,23)/t12-,13+/m0/s1. The van der Waals surface area contributed by atoms with Gasteiger partial charge in [0.15, 0.2) is 5.78 Å². The van der Waals surface area contributed by atoms with Gasteiger partial charge < -0.3 is 15.5 Å². The summed E-state index contributed by atoms with van der Waals surface area (Å²) < 4.78 is 5.07. The van der Waals surface area contributed by atoms with Crippen LogP contribution in [0.25, 0.3) is 0 Å². The summed E-state index contributed by atoms with van der Waals surface area (Å²) in [5.74, 6) is -0.983. The topological polar surface area (TPSA) is 105 Å². The molecule has 0 spiro atoms. The molecule has 0 saturated carbocycles. The van der Waals surface area contributed by atoms with E-state index in [4.69, 9.17) is 10.5 Å². The van der Waals surface area contributed by atoms with Crippen LogP contribution in [0, 0.1) is 13.8 Å². The van der Waals surface area contributed by atoms with E-state index in [1.165, 1.54) is 0 Å². The van der Waals surface area contributed by atoms with Crippen LogP contribution in [-0.4, -0.2) is 52.8 Å². The van der Waals surface area contributed by atoms with E-state index in [2.05, 4.69) is 4.98 Å². The van der Waals surface area contributed by atoms with Crippen LogP contribution in [0.2, 0.25) is 0 Å². The van der Waals surface area contributed by atoms with Gasteiger partial charge in [0, 0.05) is 5.69 Å². The van der Waals surface area contributed by atoms with Gasteiger partial charge in [-0.2, -0.15) is 0 Å². The van der Waals surface area contributed by atoms with E-state index in [-0.39, 0.29) is 12.4 Å². The van der Waals surface area contributed by atoms with Crippen molar-refractivity contribution >= 4 is 17.7 Å². The summed E-state index contributed by atoms with van der Waals surface area (Å²) in [6.07, 6.45) is 2.53. The van der Waals surface area contributed by atoms with Crippen molar-refractivity contribution in [1.29, 1.82) is 0 Å². The highest BCUT2D eigenvalue weighted by atomic mass is 16.5. The van der Waals surface area contributed by atoms with Crippen molar-refractivity contribution in [3.05, 3.63) is 22.5 Å². The SMILES string of the molecule is CCOC(=O)c1c(C)[nH]c(C(=O)[C@H](C)N2CCCC[C@@H]2C(N)=O)c1C. The maximum absolute atomic E-state index is 13.0. The number of aromatic nitrogens is 1. The Kier molecular flexibility index (Phi) is 6.00. The number of Topliss-reactive ketones (excluding diaryl/α,β-unsaturated/α-hetero) is 1. The lowest BCUT2D eigenvalue weighted by atomic mass is 9.96. The Balaban J connectivity index is 2.29. The van der Waals surface area contributed by atoms with Crippen LogP contribution in [0.1, 0.15) is 65.2 Å². The Bertz CT molecular complexity index is 680. The molecule has 138 valence electrons. The number of nitrogens with zero attached hydrogens (tertiary/aromatic N) is 1. The molecule has 2 rings (SSSR count). The zero-order valence-corrected chi connectivity index (χ0v) is 15.3. The Morgan fingerprint density at radius 1 is 1.32 bits per heavy atom. The van der Waals surface area contributed by atoms with E-state index in [0.29, 0.717) is 35.5 Å². The molecule has 0 radical (unpaired) electrons. The molecule has 1 fully saturated rings. The van der Waals surface area contributed by atoms with Gasteiger partial charge in [-0.1, -0.05) is 6.42 Å². The number of aryl methyl sites for hydroxylation is 1. The number of H-pyrrole nitrogens is 1. The van der Waals surface area contributed by atoms with Crippen LogP contribution < -0.4 is 5.73 Å². The molecule has 2 heterocycles. The molecule has 1 aliphatic rings. The fraction of sp³-hybridized carbons (Fsp3) is 0.611. The number of nitrogens with one attached hydrogen (secondary N) is 1. The zero-order valence-electron chi connectivity index (χ0n) is 15.3. The summed E-state index contributed by atoms with van der Waals surface area (Å²) in [5, 5.41) is 0. The summed E-state index contributed by atoms with van der Waals surface area (Å²) in [6, 6.07) is -0.918. The molecule has 0 bridgehead atoms. The van der Waals surface area contributed by atoms with Gasteiger partial charge in [0.1, 0.15) is 0 Å². The first kappa shape index (κ1) is 19.2. The van der Waals surface area contributed by atoms with E-state index in [1.54, 1.807) is 27.7 Å². The van der Waals surface area contributed by atoms with Crippen molar-refractivity contribution in [3.63, 3.8) is 0 Å². The molecule has 0 aromatic carbocycles. The van der Waals surface area contributed by atoms with Gasteiger partial charge in [0.05, 0.1) is 29.9 Å². The highest BCUT2D eigenvalue weighted by Crippen LogP contribution is 2.25. The number of likely N-dealkylation sites (tertiary alicyclic amines) is 1. The molecule has 0 aliphatic carbocycles. The Morgan fingerprint density at radius 3 is 2.60 bits per heavy atom. The number of nitrogens with two attached hydrogens (primary N) is 1. The van der Waals surface area contributed by atoms with Crippen molar-refractivity contribution in [2.45, 2.75) is 59.0 Å². The van der Waals surface area contributed by atoms with Gasteiger partial charge in [-0.25, -0.2) is 4.79 Å². The largest absolute Gasteiger partial charge is 0.462 e. The summed E-state index contributed by atoms with van der Waals surface area (Å²) >= 11 is 0. The second-order valence-electron chi connectivity index (χ2n) is 6.54. The Morgan fingerprint density at radius 2 is 2.00 bits per heavy atom. The maximum Gasteiger partial charge on any atom is 0.340 e. The quantitative estimate of drug-likeness (QED) is 0.601. The number of ketones is 1. The molecule has 1 aliphatic heterocycles. The first-order chi connectivity index (χ1) is 11.8. The summed E-state index contributed by atoms with van der Waals surface area (Å²) in [5.41, 5.74) is 7.49. The lowest BCUT2D eigenvalue weighted by molar-refractivity contribution is -0.124. The van der Waals surface area contributed by atoms with E-state index < -0.39 is 24.0 Å². The first-order valence-electron chi connectivity index (χ1n) is 8.75. The number of carbonyl (C=O) groups is 3. The number of esters is 1. The Hall–Kier alpha value is -2.15. The number of amides is 1. The number of hydrogen-bond acceptors (Lipinski definition) is 5. The lowest BCUT2D eigenvalue weighted by Crippen LogP contribution is -2.53. The van der Waals surface area contributed by atoms with Gasteiger partial charge in [0.2, 0.25) is 5.91 Å². The third-order valence-electron chi connectivity index (χ3n) is 4.91. The van der Waals surface area contributed by atoms with Crippen molar-refractivity contribution in [2.75, 3.05) is 13.2 Å². The molecule has 1 amide bonds. The zero-order chi connectivity index (χ0) is 18.7. The number of rotatable bonds is 6. The molecule has 7 heteroatoms. The smallest absolute Gasteiger partial charge is 0.340 e. The minimum atomic E-state index is -0.496. The third-order valence-corrected chi connectivity index (χ3v) is 4.91. The molecular formula is C18H27N3O4. The molecule has 7 nitrogen and oxygen atoms in total. The summed E-state index contributed by atoms with van der Waals surface area (Å²) in [4.78, 5) is 41.7. The van der Waals surface area contributed by atoms with E-state index in [9.17, 15) is 14.4 Å². The number of piperidine rings is 1. The van der Waals surface area contributed by atoms with Crippen LogP contribution in [-0.2, 0) is 9.53 Å². The van der Waals surface area contributed by atoms with E-state index >= 15 is 0 Å². The molecule has 25 heavy (non-hydrogen) atoms. The molecule has 2 atom stereocenters. The number of aromatic amines is 1. The second kappa shape index (κ2) is 7.82. The number of carbonyl (C=O) groups excluding carboxylic acids is 3. The lowest BCUT2D eigenvalue weighted by Gasteiger charge is -2.37. The van der Waals surface area contributed by atoms with E-state index in [1.807, 2.05) is 4.90 Å². The number of hydrogen-bond donors (Lipinski definition) is 2. The minimum absolute atomic E-state index is 0.149. The van der Waals surface area contributed by atoms with Crippen molar-refractivity contribution in [3.8, 4) is 0 Å². The van der Waals surface area contributed by atoms with Gasteiger partial charge >= 0.3 is 5.97 Å². The molecule has 1 aromatic rings. The fourth-order valence-corrected chi connectivity index (χ4v) is 3.59. The van der Waals surface area contributed by atoms with Gasteiger partial charge in [0.25, 0.3) is 0 Å². The molecular weight excluding hydrogens is 322 g/mol. The van der Waals surface area contributed by atoms with Crippen molar-refractivity contribution < 1.29 is 19.1 Å². The predicted molar refractivity (Wildman–Crippen MR) is 93.6 cm³/mol.